The van der Waals surface area contributed by atoms with Crippen LogP contribution in [0.2, 0.25) is 0 Å². The van der Waals surface area contributed by atoms with Gasteiger partial charge in [0.25, 0.3) is 6.26 Å². The predicted molar refractivity (Wildman–Crippen MR) is 65.2 cm³/mol. The molecule has 0 spiro atoms. The lowest BCUT2D eigenvalue weighted by molar-refractivity contribution is 0.0297. The summed E-state index contributed by atoms with van der Waals surface area (Å²) in [5, 5.41) is 8.50. The molecule has 3 heteroatoms. The Morgan fingerprint density at radius 2 is 1.29 bits per heavy atom. The molecule has 0 N–H and O–H groups in total. The van der Waals surface area contributed by atoms with Crippen LogP contribution in [0.4, 0.5) is 0 Å². The van der Waals surface area contributed by atoms with Crippen LogP contribution in [0.1, 0.15) is 51.4 Å². The molecule has 0 aromatic heterocycles. The Kier molecular flexibility index (Phi) is 4.67. The lowest BCUT2D eigenvalue weighted by Crippen LogP contribution is -2.29. The summed E-state index contributed by atoms with van der Waals surface area (Å²) in [4.78, 5) is 0. The maximum atomic E-state index is 8.50. The van der Waals surface area contributed by atoms with Crippen molar-refractivity contribution in [3.63, 3.8) is 0 Å². The molecule has 0 aliphatic heterocycles. The van der Waals surface area contributed by atoms with Crippen LogP contribution in [0.25, 0.3) is 0 Å². The molecule has 17 heavy (non-hydrogen) atoms. The maximum Gasteiger partial charge on any atom is 0.286 e. The summed E-state index contributed by atoms with van der Waals surface area (Å²) in [5.41, 5.74) is 0. The van der Waals surface area contributed by atoms with Gasteiger partial charge in [-0.05, 0) is 63.2 Å². The van der Waals surface area contributed by atoms with Crippen LogP contribution in [-0.2, 0) is 9.47 Å². The van der Waals surface area contributed by atoms with E-state index in [0.717, 1.165) is 24.7 Å². The van der Waals surface area contributed by atoms with Crippen LogP contribution in [0, 0.1) is 23.4 Å². The second-order valence-corrected chi connectivity index (χ2v) is 5.52. The van der Waals surface area contributed by atoms with Crippen LogP contribution in [-0.4, -0.2) is 19.3 Å². The van der Waals surface area contributed by atoms with E-state index in [4.69, 9.17) is 14.7 Å². The highest BCUT2D eigenvalue weighted by Crippen LogP contribution is 2.39. The number of nitrogens with zero attached hydrogens (tertiary/aromatic N) is 1. The summed E-state index contributed by atoms with van der Waals surface area (Å²) in [7, 11) is 1.83. The van der Waals surface area contributed by atoms with E-state index in [0.29, 0.717) is 6.10 Å². The molecule has 3 nitrogen and oxygen atoms in total. The molecule has 0 amide bonds. The van der Waals surface area contributed by atoms with E-state index in [1.807, 2.05) is 13.4 Å². The van der Waals surface area contributed by atoms with Crippen molar-refractivity contribution in [2.75, 3.05) is 7.11 Å². The molecule has 96 valence electrons. The Morgan fingerprint density at radius 3 is 1.71 bits per heavy atom. The van der Waals surface area contributed by atoms with E-state index in [1.165, 1.54) is 38.5 Å². The molecule has 0 bridgehead atoms. The number of hydrogen-bond donors (Lipinski definition) is 0. The van der Waals surface area contributed by atoms with Gasteiger partial charge < -0.3 is 9.47 Å². The zero-order chi connectivity index (χ0) is 12.1. The Balaban J connectivity index is 1.72. The molecule has 0 aromatic carbocycles. The zero-order valence-electron chi connectivity index (χ0n) is 10.7. The molecule has 0 heterocycles. The monoisotopic (exact) mass is 237 g/mol. The fourth-order valence-corrected chi connectivity index (χ4v) is 3.55. The van der Waals surface area contributed by atoms with Crippen molar-refractivity contribution in [3.05, 3.63) is 0 Å². The molecule has 2 aliphatic rings. The highest BCUT2D eigenvalue weighted by atomic mass is 16.5. The summed E-state index contributed by atoms with van der Waals surface area (Å²) in [6, 6.07) is 0. The lowest BCUT2D eigenvalue weighted by atomic mass is 9.72. The van der Waals surface area contributed by atoms with Gasteiger partial charge in [0.05, 0.1) is 6.10 Å². The fourth-order valence-electron chi connectivity index (χ4n) is 3.55. The largest absolute Gasteiger partial charge is 0.424 e. The molecule has 0 atom stereocenters. The SMILES string of the molecule is COC1CCC(C2CCC(OC#N)CC2)CC1. The van der Waals surface area contributed by atoms with Crippen molar-refractivity contribution in [2.45, 2.75) is 63.6 Å². The van der Waals surface area contributed by atoms with Gasteiger partial charge in [-0.25, -0.2) is 0 Å². The molecule has 2 aliphatic carbocycles. The smallest absolute Gasteiger partial charge is 0.286 e. The van der Waals surface area contributed by atoms with Crippen molar-refractivity contribution in [3.8, 4) is 6.26 Å². The second kappa shape index (κ2) is 6.26. The first-order valence-electron chi connectivity index (χ1n) is 6.91. The zero-order valence-corrected chi connectivity index (χ0v) is 10.7. The maximum absolute atomic E-state index is 8.50. The first-order chi connectivity index (χ1) is 8.33. The number of nitriles is 1. The number of hydrogen-bond acceptors (Lipinski definition) is 3. The van der Waals surface area contributed by atoms with Gasteiger partial charge in [-0.1, -0.05) is 0 Å². The third-order valence-corrected chi connectivity index (χ3v) is 4.66. The minimum absolute atomic E-state index is 0.201. The summed E-state index contributed by atoms with van der Waals surface area (Å²) in [6.45, 7) is 0. The first kappa shape index (κ1) is 12.7. The van der Waals surface area contributed by atoms with Crippen LogP contribution < -0.4 is 0 Å². The summed E-state index contributed by atoms with van der Waals surface area (Å²) in [5.74, 6) is 1.76. The van der Waals surface area contributed by atoms with Gasteiger partial charge in [0.15, 0.2) is 0 Å². The molecule has 2 rings (SSSR count). The van der Waals surface area contributed by atoms with Gasteiger partial charge in [-0.3, -0.25) is 0 Å². The van der Waals surface area contributed by atoms with Crippen LogP contribution in [0.3, 0.4) is 0 Å². The molecule has 0 saturated heterocycles. The van der Waals surface area contributed by atoms with Crippen LogP contribution in [0.5, 0.6) is 0 Å². The molecule has 2 fully saturated rings. The van der Waals surface area contributed by atoms with Crippen molar-refractivity contribution >= 4 is 0 Å². The van der Waals surface area contributed by atoms with E-state index < -0.39 is 0 Å². The molecular weight excluding hydrogens is 214 g/mol. The second-order valence-electron chi connectivity index (χ2n) is 5.52. The van der Waals surface area contributed by atoms with E-state index in [1.54, 1.807) is 0 Å². The Hall–Kier alpha value is -0.750. The molecule has 0 aromatic rings. The van der Waals surface area contributed by atoms with Gasteiger partial charge in [-0.15, -0.1) is 0 Å². The third kappa shape index (κ3) is 3.35. The molecular formula is C14H23NO2. The van der Waals surface area contributed by atoms with Crippen molar-refractivity contribution in [1.82, 2.24) is 0 Å². The predicted octanol–water partition coefficient (Wildman–Crippen LogP) is 3.25. The topological polar surface area (TPSA) is 42.2 Å². The van der Waals surface area contributed by atoms with E-state index in [-0.39, 0.29) is 6.10 Å². The van der Waals surface area contributed by atoms with E-state index in [9.17, 15) is 0 Å². The minimum Gasteiger partial charge on any atom is -0.424 e. The molecule has 0 unspecified atom stereocenters. The lowest BCUT2D eigenvalue weighted by Gasteiger charge is -2.36. The summed E-state index contributed by atoms with van der Waals surface area (Å²) < 4.78 is 10.5. The summed E-state index contributed by atoms with van der Waals surface area (Å²) >= 11 is 0. The fraction of sp³-hybridized carbons (Fsp3) is 0.929. The normalized spacial score (nSPS) is 38.4. The van der Waals surface area contributed by atoms with Crippen LogP contribution >= 0.6 is 0 Å². The van der Waals surface area contributed by atoms with Gasteiger partial charge in [0, 0.05) is 7.11 Å². The van der Waals surface area contributed by atoms with E-state index >= 15 is 0 Å². The minimum atomic E-state index is 0.201. The Morgan fingerprint density at radius 1 is 0.824 bits per heavy atom. The highest BCUT2D eigenvalue weighted by molar-refractivity contribution is 4.83. The number of methoxy groups -OCH3 is 1. The van der Waals surface area contributed by atoms with Crippen molar-refractivity contribution in [2.24, 2.45) is 11.8 Å². The van der Waals surface area contributed by atoms with Gasteiger partial charge in [-0.2, -0.15) is 5.26 Å². The van der Waals surface area contributed by atoms with Gasteiger partial charge >= 0.3 is 0 Å². The Labute approximate surface area is 104 Å². The van der Waals surface area contributed by atoms with Crippen molar-refractivity contribution in [1.29, 1.82) is 5.26 Å². The molecule has 2 saturated carbocycles. The van der Waals surface area contributed by atoms with Crippen molar-refractivity contribution < 1.29 is 9.47 Å². The molecule has 0 radical (unpaired) electrons. The highest BCUT2D eigenvalue weighted by Gasteiger charge is 2.31. The average Bonchev–Trinajstić information content (AvgIpc) is 2.40. The standard InChI is InChI=1S/C14H23NO2/c1-16-13-6-2-11(3-7-13)12-4-8-14(9-5-12)17-10-15/h11-14H,2-9H2,1H3. The first-order valence-corrected chi connectivity index (χ1v) is 6.91. The Bertz CT molecular complexity index is 258. The quantitative estimate of drug-likeness (QED) is 0.708. The number of rotatable bonds is 3. The van der Waals surface area contributed by atoms with Gasteiger partial charge in [0.2, 0.25) is 0 Å². The number of ether oxygens (including phenoxy) is 2. The third-order valence-electron chi connectivity index (χ3n) is 4.66. The van der Waals surface area contributed by atoms with Crippen LogP contribution in [0.15, 0.2) is 0 Å². The van der Waals surface area contributed by atoms with E-state index in [2.05, 4.69) is 0 Å². The summed E-state index contributed by atoms with van der Waals surface area (Å²) in [6.07, 6.45) is 12.3. The average molecular weight is 237 g/mol. The van der Waals surface area contributed by atoms with Gasteiger partial charge in [0.1, 0.15) is 6.10 Å².